The van der Waals surface area contributed by atoms with Crippen molar-refractivity contribution in [3.05, 3.63) is 89.4 Å². The highest BCUT2D eigenvalue weighted by atomic mass is 35.5. The van der Waals surface area contributed by atoms with Crippen LogP contribution >= 0.6 is 12.4 Å². The number of carbonyl (C=O) groups is 1. The van der Waals surface area contributed by atoms with E-state index in [-0.39, 0.29) is 31.5 Å². The topological polar surface area (TPSA) is 110 Å². The number of ether oxygens (including phenoxy) is 1. The molecule has 3 aromatic rings. The molecule has 2 aromatic carbocycles. The van der Waals surface area contributed by atoms with Gasteiger partial charge in [0.05, 0.1) is 18.3 Å². The van der Waals surface area contributed by atoms with Gasteiger partial charge in [-0.15, -0.1) is 12.4 Å². The molecule has 4 N–H and O–H groups in total. The predicted molar refractivity (Wildman–Crippen MR) is 112 cm³/mol. The van der Waals surface area contributed by atoms with E-state index in [1.54, 1.807) is 24.3 Å². The van der Waals surface area contributed by atoms with Gasteiger partial charge in [0.25, 0.3) is 5.91 Å². The minimum Gasteiger partial charge on any atom is -0.473 e. The number of rotatable bonds is 8. The SMILES string of the molecule is Cl.NCc1cc(OCc2cccc(C(=O)N[C@@H](CO)c3ccccc3)c2)ncn1. The first-order valence-electron chi connectivity index (χ1n) is 8.89. The van der Waals surface area contributed by atoms with E-state index in [0.717, 1.165) is 11.1 Å². The van der Waals surface area contributed by atoms with Gasteiger partial charge in [0.15, 0.2) is 0 Å². The van der Waals surface area contributed by atoms with Gasteiger partial charge < -0.3 is 20.9 Å². The van der Waals surface area contributed by atoms with E-state index in [1.165, 1.54) is 6.33 Å². The molecule has 0 aliphatic rings. The number of amides is 1. The van der Waals surface area contributed by atoms with Crippen molar-refractivity contribution in [3.8, 4) is 5.88 Å². The van der Waals surface area contributed by atoms with Crippen LogP contribution in [0.5, 0.6) is 5.88 Å². The summed E-state index contributed by atoms with van der Waals surface area (Å²) in [7, 11) is 0. The Balaban J connectivity index is 0.00000300. The summed E-state index contributed by atoms with van der Waals surface area (Å²) in [6.45, 7) is 0.377. The minimum atomic E-state index is -0.468. The van der Waals surface area contributed by atoms with E-state index in [9.17, 15) is 9.90 Å². The molecule has 0 fully saturated rings. The molecule has 7 nitrogen and oxygen atoms in total. The quantitative estimate of drug-likeness (QED) is 0.522. The van der Waals surface area contributed by atoms with Gasteiger partial charge in [0, 0.05) is 18.2 Å². The van der Waals surface area contributed by atoms with Crippen LogP contribution in [0.4, 0.5) is 0 Å². The first kappa shape index (κ1) is 22.3. The number of hydrogen-bond donors (Lipinski definition) is 3. The van der Waals surface area contributed by atoms with E-state index in [4.69, 9.17) is 10.5 Å². The standard InChI is InChI=1S/C21H22N4O3.ClH/c22-11-18-10-20(24-14-23-18)28-13-15-5-4-8-17(9-15)21(27)25-19(12-26)16-6-2-1-3-7-16;/h1-10,14,19,26H,11-13,22H2,(H,25,27);1H/t19-;/m0./s1. The summed E-state index contributed by atoms with van der Waals surface area (Å²) in [5.41, 5.74) is 8.40. The minimum absolute atomic E-state index is 0. The Morgan fingerprint density at radius 1 is 1.10 bits per heavy atom. The van der Waals surface area contributed by atoms with Gasteiger partial charge in [0.1, 0.15) is 12.9 Å². The number of hydrogen-bond acceptors (Lipinski definition) is 6. The van der Waals surface area contributed by atoms with Gasteiger partial charge in [0.2, 0.25) is 5.88 Å². The molecule has 29 heavy (non-hydrogen) atoms. The molecule has 0 aliphatic carbocycles. The summed E-state index contributed by atoms with van der Waals surface area (Å²) < 4.78 is 5.66. The van der Waals surface area contributed by atoms with Crippen molar-refractivity contribution < 1.29 is 14.6 Å². The maximum atomic E-state index is 12.6. The van der Waals surface area contributed by atoms with Crippen molar-refractivity contribution in [1.29, 1.82) is 0 Å². The zero-order valence-electron chi connectivity index (χ0n) is 15.7. The van der Waals surface area contributed by atoms with Crippen molar-refractivity contribution in [3.63, 3.8) is 0 Å². The fourth-order valence-corrected chi connectivity index (χ4v) is 2.69. The summed E-state index contributed by atoms with van der Waals surface area (Å²) >= 11 is 0. The van der Waals surface area contributed by atoms with Crippen molar-refractivity contribution in [1.82, 2.24) is 15.3 Å². The zero-order chi connectivity index (χ0) is 19.8. The third kappa shape index (κ3) is 6.25. The molecule has 1 amide bonds. The average molecular weight is 415 g/mol. The van der Waals surface area contributed by atoms with E-state index >= 15 is 0 Å². The molecule has 152 valence electrons. The lowest BCUT2D eigenvalue weighted by molar-refractivity contribution is 0.0916. The fourth-order valence-electron chi connectivity index (χ4n) is 2.69. The van der Waals surface area contributed by atoms with Crippen LogP contribution in [-0.2, 0) is 13.2 Å². The number of carbonyl (C=O) groups excluding carboxylic acids is 1. The van der Waals surface area contributed by atoms with Gasteiger partial charge in [-0.1, -0.05) is 42.5 Å². The lowest BCUT2D eigenvalue weighted by Gasteiger charge is -2.17. The molecule has 1 atom stereocenters. The van der Waals surface area contributed by atoms with Gasteiger partial charge in [-0.2, -0.15) is 0 Å². The lowest BCUT2D eigenvalue weighted by atomic mass is 10.1. The summed E-state index contributed by atoms with van der Waals surface area (Å²) in [5, 5.41) is 12.5. The number of nitrogens with two attached hydrogens (primary N) is 1. The van der Waals surface area contributed by atoms with Crippen molar-refractivity contribution in [2.24, 2.45) is 5.73 Å². The number of halogens is 1. The molecule has 0 saturated carbocycles. The maximum absolute atomic E-state index is 12.6. The van der Waals surface area contributed by atoms with Gasteiger partial charge in [-0.3, -0.25) is 4.79 Å². The van der Waals surface area contributed by atoms with Gasteiger partial charge in [-0.25, -0.2) is 9.97 Å². The third-order valence-corrected chi connectivity index (χ3v) is 4.17. The molecule has 0 bridgehead atoms. The number of benzene rings is 2. The van der Waals surface area contributed by atoms with Gasteiger partial charge >= 0.3 is 0 Å². The molecule has 1 aromatic heterocycles. The molecular weight excluding hydrogens is 392 g/mol. The summed E-state index contributed by atoms with van der Waals surface area (Å²) in [4.78, 5) is 20.7. The molecule has 8 heteroatoms. The highest BCUT2D eigenvalue weighted by Crippen LogP contribution is 2.15. The average Bonchev–Trinajstić information content (AvgIpc) is 2.76. The third-order valence-electron chi connectivity index (χ3n) is 4.17. The second-order valence-corrected chi connectivity index (χ2v) is 6.16. The van der Waals surface area contributed by atoms with Crippen LogP contribution in [-0.4, -0.2) is 27.6 Å². The monoisotopic (exact) mass is 414 g/mol. The Bertz CT molecular complexity index is 925. The van der Waals surface area contributed by atoms with Crippen LogP contribution in [0.2, 0.25) is 0 Å². The Hall–Kier alpha value is -3.00. The first-order valence-corrected chi connectivity index (χ1v) is 8.89. The predicted octanol–water partition coefficient (Wildman–Crippen LogP) is 2.40. The van der Waals surface area contributed by atoms with E-state index in [0.29, 0.717) is 23.7 Å². The largest absolute Gasteiger partial charge is 0.473 e. The molecular formula is C21H23ClN4O3. The number of aromatic nitrogens is 2. The maximum Gasteiger partial charge on any atom is 0.251 e. The Morgan fingerprint density at radius 2 is 1.90 bits per heavy atom. The molecule has 0 radical (unpaired) electrons. The van der Waals surface area contributed by atoms with Crippen LogP contribution in [0.15, 0.2) is 67.0 Å². The van der Waals surface area contributed by atoms with E-state index < -0.39 is 6.04 Å². The molecule has 0 saturated heterocycles. The van der Waals surface area contributed by atoms with Crippen LogP contribution in [0.1, 0.15) is 33.2 Å². The number of aliphatic hydroxyl groups is 1. The molecule has 3 rings (SSSR count). The van der Waals surface area contributed by atoms with E-state index in [2.05, 4.69) is 15.3 Å². The van der Waals surface area contributed by atoms with E-state index in [1.807, 2.05) is 36.4 Å². The smallest absolute Gasteiger partial charge is 0.251 e. The van der Waals surface area contributed by atoms with Gasteiger partial charge in [-0.05, 0) is 23.3 Å². The fraction of sp³-hybridized carbons (Fsp3) is 0.190. The Kier molecular flexibility index (Phi) is 8.54. The summed E-state index contributed by atoms with van der Waals surface area (Å²) in [5.74, 6) is 0.159. The summed E-state index contributed by atoms with van der Waals surface area (Å²) in [6, 6.07) is 17.7. The Labute approximate surface area is 175 Å². The number of nitrogens with zero attached hydrogens (tertiary/aromatic N) is 2. The van der Waals surface area contributed by atoms with Crippen molar-refractivity contribution >= 4 is 18.3 Å². The van der Waals surface area contributed by atoms with Crippen LogP contribution in [0, 0.1) is 0 Å². The normalized spacial score (nSPS) is 11.2. The van der Waals surface area contributed by atoms with Crippen molar-refractivity contribution in [2.75, 3.05) is 6.61 Å². The summed E-state index contributed by atoms with van der Waals surface area (Å²) in [6.07, 6.45) is 1.40. The van der Waals surface area contributed by atoms with Crippen LogP contribution in [0.25, 0.3) is 0 Å². The van der Waals surface area contributed by atoms with Crippen LogP contribution in [0.3, 0.4) is 0 Å². The van der Waals surface area contributed by atoms with Crippen molar-refractivity contribution in [2.45, 2.75) is 19.2 Å². The lowest BCUT2D eigenvalue weighted by Crippen LogP contribution is -2.30. The molecule has 1 heterocycles. The highest BCUT2D eigenvalue weighted by Gasteiger charge is 2.15. The highest BCUT2D eigenvalue weighted by molar-refractivity contribution is 5.94. The molecule has 0 aliphatic heterocycles. The second-order valence-electron chi connectivity index (χ2n) is 6.16. The number of nitrogens with one attached hydrogen (secondary N) is 1. The van der Waals surface area contributed by atoms with Crippen LogP contribution < -0.4 is 15.8 Å². The molecule has 0 spiro atoms. The zero-order valence-corrected chi connectivity index (χ0v) is 16.5. The molecule has 0 unspecified atom stereocenters. The number of aliphatic hydroxyl groups excluding tert-OH is 1. The second kappa shape index (κ2) is 11.1. The first-order chi connectivity index (χ1) is 13.7. The Morgan fingerprint density at radius 3 is 2.62 bits per heavy atom.